The number of amides is 1. The summed E-state index contributed by atoms with van der Waals surface area (Å²) in [6.07, 6.45) is 2.70. The average molecular weight is 494 g/mol. The van der Waals surface area contributed by atoms with E-state index in [4.69, 9.17) is 0 Å². The number of thioether (sulfide) groups is 1. The summed E-state index contributed by atoms with van der Waals surface area (Å²) in [5.74, 6) is 2.24. The topological polar surface area (TPSA) is 100 Å². The predicted molar refractivity (Wildman–Crippen MR) is 141 cm³/mol. The molecule has 1 saturated heterocycles. The molecule has 184 valence electrons. The molecule has 5 rings (SSSR count). The Morgan fingerprint density at radius 2 is 1.97 bits per heavy atom. The number of rotatable bonds is 7. The predicted octanol–water partition coefficient (Wildman–Crippen LogP) is 3.48. The molecular weight excluding hydrogens is 462 g/mol. The van der Waals surface area contributed by atoms with Gasteiger partial charge in [0.05, 0.1) is 10.9 Å². The third-order valence-corrected chi connectivity index (χ3v) is 7.65. The molecule has 1 aliphatic carbocycles. The van der Waals surface area contributed by atoms with Crippen LogP contribution >= 0.6 is 11.8 Å². The van der Waals surface area contributed by atoms with E-state index in [-0.39, 0.29) is 22.8 Å². The van der Waals surface area contributed by atoms with E-state index in [2.05, 4.69) is 32.3 Å². The first kappa shape index (κ1) is 23.8. The van der Waals surface area contributed by atoms with Gasteiger partial charge in [-0.3, -0.25) is 24.0 Å². The van der Waals surface area contributed by atoms with Gasteiger partial charge in [0, 0.05) is 55.0 Å². The van der Waals surface area contributed by atoms with Crippen LogP contribution < -0.4 is 16.6 Å². The summed E-state index contributed by atoms with van der Waals surface area (Å²) in [7, 11) is 0. The summed E-state index contributed by atoms with van der Waals surface area (Å²) >= 11 is 2.00. The SMILES string of the molecule is CCCn1c(=O)[nH]c(=O)c2c(C(=O)Nc3ccc(CN4CCSCC4)cc3C)cc(C3CC3)nc21. The summed E-state index contributed by atoms with van der Waals surface area (Å²) in [5.41, 5.74) is 3.16. The lowest BCUT2D eigenvalue weighted by Gasteiger charge is -2.26. The fourth-order valence-corrected chi connectivity index (χ4v) is 5.64. The maximum atomic E-state index is 13.5. The Labute approximate surface area is 208 Å². The molecule has 0 spiro atoms. The number of aromatic amines is 1. The van der Waals surface area contributed by atoms with Crippen LogP contribution in [0.4, 0.5) is 5.69 Å². The summed E-state index contributed by atoms with van der Waals surface area (Å²) in [6, 6.07) is 7.83. The Morgan fingerprint density at radius 3 is 2.66 bits per heavy atom. The number of aromatic nitrogens is 3. The minimum Gasteiger partial charge on any atom is -0.322 e. The lowest BCUT2D eigenvalue weighted by atomic mass is 10.1. The maximum Gasteiger partial charge on any atom is 0.329 e. The summed E-state index contributed by atoms with van der Waals surface area (Å²) in [4.78, 5) is 48.3. The number of H-pyrrole nitrogens is 1. The molecule has 2 N–H and O–H groups in total. The van der Waals surface area contributed by atoms with E-state index in [0.717, 1.165) is 43.7 Å². The first-order chi connectivity index (χ1) is 16.9. The molecule has 35 heavy (non-hydrogen) atoms. The summed E-state index contributed by atoms with van der Waals surface area (Å²) in [6.45, 7) is 7.45. The van der Waals surface area contributed by atoms with Crippen LogP contribution in [0.3, 0.4) is 0 Å². The lowest BCUT2D eigenvalue weighted by molar-refractivity contribution is 0.102. The molecule has 2 aromatic heterocycles. The molecule has 3 aromatic rings. The van der Waals surface area contributed by atoms with Crippen LogP contribution in [0.15, 0.2) is 33.9 Å². The highest BCUT2D eigenvalue weighted by molar-refractivity contribution is 7.99. The van der Waals surface area contributed by atoms with Crippen molar-refractivity contribution in [1.29, 1.82) is 0 Å². The molecule has 1 aliphatic heterocycles. The number of carbonyl (C=O) groups is 1. The Bertz CT molecular complexity index is 1390. The highest BCUT2D eigenvalue weighted by atomic mass is 32.2. The van der Waals surface area contributed by atoms with E-state index in [1.165, 1.54) is 21.6 Å². The second-order valence-corrected chi connectivity index (χ2v) is 10.7. The summed E-state index contributed by atoms with van der Waals surface area (Å²) < 4.78 is 1.47. The molecule has 1 saturated carbocycles. The normalized spacial score (nSPS) is 16.5. The van der Waals surface area contributed by atoms with Gasteiger partial charge in [-0.15, -0.1) is 0 Å². The number of fused-ring (bicyclic) bond motifs is 1. The molecular formula is C26H31N5O3S. The molecule has 8 nitrogen and oxygen atoms in total. The van der Waals surface area contributed by atoms with E-state index in [1.54, 1.807) is 6.07 Å². The lowest BCUT2D eigenvalue weighted by Crippen LogP contribution is -2.32. The highest BCUT2D eigenvalue weighted by Gasteiger charge is 2.29. The number of pyridine rings is 1. The van der Waals surface area contributed by atoms with Crippen LogP contribution in [0.1, 0.15) is 59.3 Å². The van der Waals surface area contributed by atoms with Crippen LogP contribution in [-0.4, -0.2) is 49.9 Å². The average Bonchev–Trinajstić information content (AvgIpc) is 3.69. The third kappa shape index (κ3) is 5.06. The van der Waals surface area contributed by atoms with Gasteiger partial charge >= 0.3 is 5.69 Å². The van der Waals surface area contributed by atoms with Gasteiger partial charge in [0.2, 0.25) is 0 Å². The molecule has 2 fully saturated rings. The van der Waals surface area contributed by atoms with Crippen molar-refractivity contribution in [3.8, 4) is 0 Å². The quantitative estimate of drug-likeness (QED) is 0.523. The van der Waals surface area contributed by atoms with Gasteiger partial charge in [-0.05, 0) is 49.4 Å². The number of hydrogen-bond donors (Lipinski definition) is 2. The van der Waals surface area contributed by atoms with Gasteiger partial charge < -0.3 is 5.32 Å². The fourth-order valence-electron chi connectivity index (χ4n) is 4.66. The maximum absolute atomic E-state index is 13.5. The van der Waals surface area contributed by atoms with Gasteiger partial charge in [-0.1, -0.05) is 19.1 Å². The zero-order valence-electron chi connectivity index (χ0n) is 20.2. The number of aryl methyl sites for hydroxylation is 2. The first-order valence-electron chi connectivity index (χ1n) is 12.3. The van der Waals surface area contributed by atoms with Gasteiger partial charge in [-0.2, -0.15) is 11.8 Å². The van der Waals surface area contributed by atoms with Crippen LogP contribution in [0.5, 0.6) is 0 Å². The van der Waals surface area contributed by atoms with Crippen LogP contribution in [-0.2, 0) is 13.1 Å². The minimum absolute atomic E-state index is 0.164. The Kier molecular flexibility index (Phi) is 6.80. The molecule has 1 aromatic carbocycles. The smallest absolute Gasteiger partial charge is 0.322 e. The standard InChI is InChI=1S/C26H31N5O3S/c1-3-8-31-23-22(25(33)29-26(31)34)19(14-21(27-23)18-5-6-18)24(32)28-20-7-4-17(13-16(20)2)15-30-9-11-35-12-10-30/h4,7,13-14,18H,3,5-6,8-12,15H2,1-2H3,(H,28,32)(H,29,33,34). The zero-order valence-corrected chi connectivity index (χ0v) is 21.0. The number of nitrogens with one attached hydrogen (secondary N) is 2. The van der Waals surface area contributed by atoms with Gasteiger partial charge in [-0.25, -0.2) is 9.78 Å². The Hall–Kier alpha value is -2.91. The Morgan fingerprint density at radius 1 is 1.20 bits per heavy atom. The van der Waals surface area contributed by atoms with Crippen molar-refractivity contribution in [3.63, 3.8) is 0 Å². The van der Waals surface area contributed by atoms with Crippen molar-refractivity contribution in [3.05, 3.63) is 67.5 Å². The second-order valence-electron chi connectivity index (χ2n) is 9.47. The van der Waals surface area contributed by atoms with E-state index in [9.17, 15) is 14.4 Å². The monoisotopic (exact) mass is 493 g/mol. The van der Waals surface area contributed by atoms with Gasteiger partial charge in [0.1, 0.15) is 0 Å². The van der Waals surface area contributed by atoms with E-state index in [0.29, 0.717) is 24.3 Å². The molecule has 9 heteroatoms. The van der Waals surface area contributed by atoms with Crippen molar-refractivity contribution < 1.29 is 4.79 Å². The number of carbonyl (C=O) groups excluding carboxylic acids is 1. The molecule has 0 atom stereocenters. The van der Waals surface area contributed by atoms with Gasteiger partial charge in [0.15, 0.2) is 5.65 Å². The van der Waals surface area contributed by atoms with Crippen LogP contribution in [0.25, 0.3) is 11.0 Å². The number of anilines is 1. The first-order valence-corrected chi connectivity index (χ1v) is 13.5. The van der Waals surface area contributed by atoms with Crippen molar-refractivity contribution in [2.24, 2.45) is 0 Å². The number of nitrogens with zero attached hydrogens (tertiary/aromatic N) is 3. The van der Waals surface area contributed by atoms with E-state index >= 15 is 0 Å². The second kappa shape index (κ2) is 9.99. The fraction of sp³-hybridized carbons (Fsp3) is 0.462. The van der Waals surface area contributed by atoms with Crippen molar-refractivity contribution >= 4 is 34.4 Å². The summed E-state index contributed by atoms with van der Waals surface area (Å²) in [5, 5.41) is 3.17. The molecule has 0 bridgehead atoms. The minimum atomic E-state index is -0.580. The zero-order chi connectivity index (χ0) is 24.5. The van der Waals surface area contributed by atoms with E-state index < -0.39 is 11.2 Å². The third-order valence-electron chi connectivity index (χ3n) is 6.70. The number of hydrogen-bond acceptors (Lipinski definition) is 6. The van der Waals surface area contributed by atoms with Gasteiger partial charge in [0.25, 0.3) is 11.5 Å². The molecule has 3 heterocycles. The van der Waals surface area contributed by atoms with Crippen molar-refractivity contribution in [2.45, 2.75) is 52.1 Å². The van der Waals surface area contributed by atoms with E-state index in [1.807, 2.05) is 31.7 Å². The highest BCUT2D eigenvalue weighted by Crippen LogP contribution is 2.40. The largest absolute Gasteiger partial charge is 0.329 e. The van der Waals surface area contributed by atoms with Crippen molar-refractivity contribution in [2.75, 3.05) is 29.9 Å². The number of benzene rings is 1. The molecule has 0 unspecified atom stereocenters. The van der Waals surface area contributed by atoms with Crippen LogP contribution in [0, 0.1) is 6.92 Å². The Balaban J connectivity index is 1.48. The molecule has 2 aliphatic rings. The molecule has 1 amide bonds. The van der Waals surface area contributed by atoms with Crippen molar-refractivity contribution in [1.82, 2.24) is 19.4 Å². The molecule has 0 radical (unpaired) electrons. The van der Waals surface area contributed by atoms with Crippen LogP contribution in [0.2, 0.25) is 0 Å².